The molecule has 7 rings (SSSR count). The highest BCUT2D eigenvalue weighted by Crippen LogP contribution is 2.63. The third-order valence-electron chi connectivity index (χ3n) is 8.14. The fraction of sp³-hybridized carbons (Fsp3) is 0.321. The largest absolute Gasteiger partial charge is 0.454 e. The SMILES string of the molecule is O=C(Nc1ccc2c(c1)OCO2)c1ccc2c(c1)[C@H]1[C@H]3CC[C@@H](C3)[C@@H]1[C@@H](c1ccccc1)N2. The van der Waals surface area contributed by atoms with Gasteiger partial charge in [-0.15, -0.1) is 0 Å². The lowest BCUT2D eigenvalue weighted by Gasteiger charge is -2.43. The average Bonchev–Trinajstić information content (AvgIpc) is 3.60. The van der Waals surface area contributed by atoms with Crippen molar-refractivity contribution in [2.45, 2.75) is 31.2 Å². The van der Waals surface area contributed by atoms with E-state index in [1.807, 2.05) is 24.3 Å². The summed E-state index contributed by atoms with van der Waals surface area (Å²) in [5.41, 5.74) is 5.28. The van der Waals surface area contributed by atoms with Gasteiger partial charge in [0.05, 0.1) is 6.04 Å². The van der Waals surface area contributed by atoms with Crippen molar-refractivity contribution in [3.63, 3.8) is 0 Å². The summed E-state index contributed by atoms with van der Waals surface area (Å²) >= 11 is 0. The van der Waals surface area contributed by atoms with Gasteiger partial charge in [-0.05, 0) is 84.4 Å². The summed E-state index contributed by atoms with van der Waals surface area (Å²) in [4.78, 5) is 13.1. The first-order chi connectivity index (χ1) is 16.2. The summed E-state index contributed by atoms with van der Waals surface area (Å²) in [6, 6.07) is 22.9. The molecule has 2 fully saturated rings. The van der Waals surface area contributed by atoms with Crippen LogP contribution < -0.4 is 20.1 Å². The van der Waals surface area contributed by atoms with E-state index in [1.54, 1.807) is 0 Å². The lowest BCUT2D eigenvalue weighted by atomic mass is 9.68. The topological polar surface area (TPSA) is 59.6 Å². The molecule has 2 N–H and O–H groups in total. The van der Waals surface area contributed by atoms with Crippen LogP contribution in [0.15, 0.2) is 66.7 Å². The minimum absolute atomic E-state index is 0.0958. The molecular formula is C28H26N2O3. The Morgan fingerprint density at radius 3 is 2.67 bits per heavy atom. The number of hydrogen-bond donors (Lipinski definition) is 2. The lowest BCUT2D eigenvalue weighted by molar-refractivity contribution is 0.102. The second kappa shape index (κ2) is 7.27. The van der Waals surface area contributed by atoms with Gasteiger partial charge in [-0.3, -0.25) is 4.79 Å². The van der Waals surface area contributed by atoms with E-state index in [0.717, 1.165) is 11.8 Å². The Labute approximate surface area is 193 Å². The molecule has 2 saturated carbocycles. The molecule has 5 nitrogen and oxygen atoms in total. The molecule has 2 aliphatic carbocycles. The number of fused-ring (bicyclic) bond motifs is 8. The highest BCUT2D eigenvalue weighted by molar-refractivity contribution is 6.05. The Morgan fingerprint density at radius 2 is 1.76 bits per heavy atom. The third kappa shape index (κ3) is 3.02. The highest BCUT2D eigenvalue weighted by Gasteiger charge is 2.53. The van der Waals surface area contributed by atoms with Crippen LogP contribution >= 0.6 is 0 Å². The van der Waals surface area contributed by atoms with Gasteiger partial charge in [0.2, 0.25) is 6.79 Å². The van der Waals surface area contributed by atoms with Crippen LogP contribution in [0, 0.1) is 17.8 Å². The van der Waals surface area contributed by atoms with Crippen molar-refractivity contribution in [1.29, 1.82) is 0 Å². The van der Waals surface area contributed by atoms with Gasteiger partial charge in [0, 0.05) is 23.0 Å². The van der Waals surface area contributed by atoms with E-state index in [-0.39, 0.29) is 12.7 Å². The molecule has 4 aliphatic rings. The Balaban J connectivity index is 1.21. The second-order valence-electron chi connectivity index (χ2n) is 9.79. The van der Waals surface area contributed by atoms with E-state index in [2.05, 4.69) is 53.1 Å². The molecule has 0 spiro atoms. The predicted octanol–water partition coefficient (Wildman–Crippen LogP) is 5.96. The van der Waals surface area contributed by atoms with E-state index in [0.29, 0.717) is 40.6 Å². The van der Waals surface area contributed by atoms with Crippen molar-refractivity contribution in [2.75, 3.05) is 17.4 Å². The molecule has 166 valence electrons. The molecule has 3 aromatic rings. The molecule has 0 unspecified atom stereocenters. The number of rotatable bonds is 3. The van der Waals surface area contributed by atoms with Crippen molar-refractivity contribution in [3.8, 4) is 11.5 Å². The summed E-state index contributed by atoms with van der Waals surface area (Å²) in [6.07, 6.45) is 3.95. The predicted molar refractivity (Wildman–Crippen MR) is 127 cm³/mol. The fourth-order valence-electron chi connectivity index (χ4n) is 6.80. The maximum Gasteiger partial charge on any atom is 0.255 e. The van der Waals surface area contributed by atoms with Gasteiger partial charge in [-0.1, -0.05) is 30.3 Å². The number of carbonyl (C=O) groups excluding carboxylic acids is 1. The number of amides is 1. The van der Waals surface area contributed by atoms with Crippen LogP contribution in [0.3, 0.4) is 0 Å². The van der Waals surface area contributed by atoms with Crippen molar-refractivity contribution >= 4 is 17.3 Å². The zero-order chi connectivity index (χ0) is 21.9. The second-order valence-corrected chi connectivity index (χ2v) is 9.79. The van der Waals surface area contributed by atoms with Crippen LogP contribution in [-0.2, 0) is 0 Å². The van der Waals surface area contributed by atoms with Gasteiger partial charge in [0.1, 0.15) is 0 Å². The van der Waals surface area contributed by atoms with Crippen LogP contribution in [0.4, 0.5) is 11.4 Å². The summed E-state index contributed by atoms with van der Waals surface area (Å²) in [5.74, 6) is 3.87. The highest BCUT2D eigenvalue weighted by atomic mass is 16.7. The van der Waals surface area contributed by atoms with Crippen LogP contribution in [0.25, 0.3) is 0 Å². The first kappa shape index (κ1) is 19.0. The van der Waals surface area contributed by atoms with E-state index >= 15 is 0 Å². The smallest absolute Gasteiger partial charge is 0.255 e. The molecule has 33 heavy (non-hydrogen) atoms. The average molecular weight is 439 g/mol. The fourth-order valence-corrected chi connectivity index (χ4v) is 6.80. The lowest BCUT2D eigenvalue weighted by Crippen LogP contribution is -2.35. The third-order valence-corrected chi connectivity index (χ3v) is 8.14. The van der Waals surface area contributed by atoms with E-state index < -0.39 is 0 Å². The van der Waals surface area contributed by atoms with Crippen LogP contribution in [0.1, 0.15) is 52.7 Å². The van der Waals surface area contributed by atoms with Crippen molar-refractivity contribution < 1.29 is 14.3 Å². The monoisotopic (exact) mass is 438 g/mol. The molecule has 2 heterocycles. The first-order valence-corrected chi connectivity index (χ1v) is 11.9. The molecule has 0 radical (unpaired) electrons. The van der Waals surface area contributed by atoms with Gasteiger partial charge in [0.25, 0.3) is 5.91 Å². The molecule has 5 heteroatoms. The van der Waals surface area contributed by atoms with Gasteiger partial charge >= 0.3 is 0 Å². The first-order valence-electron chi connectivity index (χ1n) is 11.9. The number of nitrogens with one attached hydrogen (secondary N) is 2. The number of benzene rings is 3. The summed E-state index contributed by atoms with van der Waals surface area (Å²) in [5, 5.41) is 6.88. The molecule has 5 atom stereocenters. The molecular weight excluding hydrogens is 412 g/mol. The van der Waals surface area contributed by atoms with E-state index in [4.69, 9.17) is 9.47 Å². The summed E-state index contributed by atoms with van der Waals surface area (Å²) < 4.78 is 10.8. The van der Waals surface area contributed by atoms with Gasteiger partial charge in [-0.25, -0.2) is 0 Å². The maximum absolute atomic E-state index is 13.1. The minimum atomic E-state index is -0.0958. The van der Waals surface area contributed by atoms with E-state index in [9.17, 15) is 4.79 Å². The van der Waals surface area contributed by atoms with E-state index in [1.165, 1.54) is 36.1 Å². The zero-order valence-corrected chi connectivity index (χ0v) is 18.3. The normalized spacial score (nSPS) is 28.1. The maximum atomic E-state index is 13.1. The molecule has 1 amide bonds. The zero-order valence-electron chi connectivity index (χ0n) is 18.3. The van der Waals surface area contributed by atoms with Crippen molar-refractivity contribution in [3.05, 3.63) is 83.4 Å². The van der Waals surface area contributed by atoms with Crippen LogP contribution in [0.2, 0.25) is 0 Å². The Bertz CT molecular complexity index is 1240. The molecule has 0 aromatic heterocycles. The standard InChI is InChI=1S/C28H26N2O3/c31-28(29-20-9-11-23-24(14-20)33-15-32-23)19-8-10-22-21(13-19)25-17-6-7-18(12-17)26(25)27(30-22)16-4-2-1-3-5-16/h1-5,8-11,13-14,17-18,25-27,30H,6-7,12,15H2,(H,29,31)/t17-,18-,25+,26-,27+/m0/s1. The quantitative estimate of drug-likeness (QED) is 0.529. The van der Waals surface area contributed by atoms with Crippen molar-refractivity contribution in [1.82, 2.24) is 0 Å². The summed E-state index contributed by atoms with van der Waals surface area (Å²) in [6.45, 7) is 0.221. The number of ether oxygens (including phenoxy) is 2. The molecule has 0 saturated heterocycles. The number of carbonyl (C=O) groups is 1. The Hall–Kier alpha value is -3.47. The summed E-state index contributed by atoms with van der Waals surface area (Å²) in [7, 11) is 0. The molecule has 2 aliphatic heterocycles. The van der Waals surface area contributed by atoms with Crippen LogP contribution in [-0.4, -0.2) is 12.7 Å². The Morgan fingerprint density at radius 1 is 0.909 bits per heavy atom. The molecule has 3 aromatic carbocycles. The van der Waals surface area contributed by atoms with Gasteiger partial charge < -0.3 is 20.1 Å². The minimum Gasteiger partial charge on any atom is -0.454 e. The molecule has 2 bridgehead atoms. The number of hydrogen-bond acceptors (Lipinski definition) is 4. The number of anilines is 2. The van der Waals surface area contributed by atoms with Crippen molar-refractivity contribution in [2.24, 2.45) is 17.8 Å². The van der Waals surface area contributed by atoms with Crippen LogP contribution in [0.5, 0.6) is 11.5 Å². The van der Waals surface area contributed by atoms with Gasteiger partial charge in [0.15, 0.2) is 11.5 Å². The van der Waals surface area contributed by atoms with Gasteiger partial charge in [-0.2, -0.15) is 0 Å². The Kier molecular flexibility index (Phi) is 4.20.